The molecule has 2 heterocycles. The molecule has 2 N–H and O–H groups in total. The standard InChI is InChI=1S/C11H20N2O4S3/c14-11(15)10-3-1-2-4-13(10)20(16,17)12-7-9-8-18-5-6-19-9/h9-10,12H,1-8H2,(H,14,15). The fourth-order valence-corrected chi connectivity index (χ4v) is 6.57. The number of piperidine rings is 1. The van der Waals surface area contributed by atoms with Crippen molar-refractivity contribution in [2.75, 3.05) is 30.3 Å². The van der Waals surface area contributed by atoms with Crippen LogP contribution in [0.4, 0.5) is 0 Å². The van der Waals surface area contributed by atoms with Crippen LogP contribution in [-0.4, -0.2) is 65.4 Å². The van der Waals surface area contributed by atoms with E-state index in [1.165, 1.54) is 0 Å². The Morgan fingerprint density at radius 3 is 2.80 bits per heavy atom. The minimum absolute atomic E-state index is 0.275. The van der Waals surface area contributed by atoms with Gasteiger partial charge in [-0.05, 0) is 19.3 Å². The molecule has 0 aromatic rings. The summed E-state index contributed by atoms with van der Waals surface area (Å²) < 4.78 is 28.3. The van der Waals surface area contributed by atoms with E-state index >= 15 is 0 Å². The van der Waals surface area contributed by atoms with Gasteiger partial charge in [0.05, 0.1) is 0 Å². The molecular formula is C11H20N2O4S3. The quantitative estimate of drug-likeness (QED) is 0.762. The van der Waals surface area contributed by atoms with Gasteiger partial charge in [0, 0.05) is 35.6 Å². The molecule has 2 saturated heterocycles. The lowest BCUT2D eigenvalue weighted by Crippen LogP contribution is -2.53. The van der Waals surface area contributed by atoms with Crippen molar-refractivity contribution in [2.24, 2.45) is 0 Å². The van der Waals surface area contributed by atoms with Crippen molar-refractivity contribution in [2.45, 2.75) is 30.6 Å². The molecule has 0 aromatic heterocycles. The molecule has 9 heteroatoms. The van der Waals surface area contributed by atoms with Crippen molar-refractivity contribution >= 4 is 39.7 Å². The highest BCUT2D eigenvalue weighted by molar-refractivity contribution is 8.06. The molecule has 0 aromatic carbocycles. The van der Waals surface area contributed by atoms with E-state index in [-0.39, 0.29) is 5.25 Å². The van der Waals surface area contributed by atoms with Crippen molar-refractivity contribution in [3.8, 4) is 0 Å². The van der Waals surface area contributed by atoms with Gasteiger partial charge in [-0.3, -0.25) is 4.79 Å². The first-order valence-electron chi connectivity index (χ1n) is 6.69. The number of carboxylic acids is 1. The van der Waals surface area contributed by atoms with Gasteiger partial charge >= 0.3 is 5.97 Å². The molecule has 6 nitrogen and oxygen atoms in total. The third kappa shape index (κ3) is 4.27. The van der Waals surface area contributed by atoms with Crippen molar-refractivity contribution in [3.63, 3.8) is 0 Å². The Morgan fingerprint density at radius 2 is 2.15 bits per heavy atom. The SMILES string of the molecule is O=C(O)C1CCCCN1S(=O)(=O)NCC1CSCCS1. The number of nitrogens with one attached hydrogen (secondary N) is 1. The number of carbonyl (C=O) groups is 1. The Kier molecular flexibility index (Phi) is 6.03. The highest BCUT2D eigenvalue weighted by Gasteiger charge is 2.36. The summed E-state index contributed by atoms with van der Waals surface area (Å²) >= 11 is 3.61. The van der Waals surface area contributed by atoms with Crippen LogP contribution in [0.25, 0.3) is 0 Å². The lowest BCUT2D eigenvalue weighted by molar-refractivity contribution is -0.142. The Balaban J connectivity index is 1.95. The first-order valence-corrected chi connectivity index (χ1v) is 10.3. The molecule has 0 bridgehead atoms. The van der Waals surface area contributed by atoms with Crippen LogP contribution in [0.1, 0.15) is 19.3 Å². The van der Waals surface area contributed by atoms with E-state index in [1.54, 1.807) is 11.8 Å². The van der Waals surface area contributed by atoms with Gasteiger partial charge in [-0.1, -0.05) is 0 Å². The summed E-state index contributed by atoms with van der Waals surface area (Å²) in [6, 6.07) is -0.922. The number of hydrogen-bond donors (Lipinski definition) is 2. The molecule has 2 rings (SSSR count). The largest absolute Gasteiger partial charge is 0.480 e. The summed E-state index contributed by atoms with van der Waals surface area (Å²) in [5.41, 5.74) is 0. The van der Waals surface area contributed by atoms with Crippen LogP contribution >= 0.6 is 23.5 Å². The average Bonchev–Trinajstić information content (AvgIpc) is 2.46. The molecule has 0 radical (unpaired) electrons. The van der Waals surface area contributed by atoms with Crippen LogP contribution in [0.15, 0.2) is 0 Å². The maximum Gasteiger partial charge on any atom is 0.322 e. The van der Waals surface area contributed by atoms with Crippen molar-refractivity contribution < 1.29 is 18.3 Å². The average molecular weight is 340 g/mol. The van der Waals surface area contributed by atoms with Gasteiger partial charge in [-0.25, -0.2) is 4.72 Å². The zero-order valence-corrected chi connectivity index (χ0v) is 13.6. The first kappa shape index (κ1) is 16.4. The number of nitrogens with zero attached hydrogens (tertiary/aromatic N) is 1. The second-order valence-electron chi connectivity index (χ2n) is 4.88. The van der Waals surface area contributed by atoms with E-state index in [4.69, 9.17) is 5.11 Å². The molecule has 2 aliphatic rings. The van der Waals surface area contributed by atoms with Crippen LogP contribution in [0, 0.1) is 0 Å². The maximum atomic E-state index is 12.3. The Morgan fingerprint density at radius 1 is 1.35 bits per heavy atom. The van der Waals surface area contributed by atoms with Gasteiger partial charge in [0.25, 0.3) is 10.2 Å². The fraction of sp³-hybridized carbons (Fsp3) is 0.909. The van der Waals surface area contributed by atoms with Gasteiger partial charge in [-0.15, -0.1) is 0 Å². The molecule has 0 saturated carbocycles. The van der Waals surface area contributed by atoms with E-state index < -0.39 is 22.2 Å². The Bertz CT molecular complexity index is 437. The van der Waals surface area contributed by atoms with E-state index in [0.29, 0.717) is 19.5 Å². The summed E-state index contributed by atoms with van der Waals surface area (Å²) in [6.45, 7) is 0.668. The molecule has 2 fully saturated rings. The van der Waals surface area contributed by atoms with E-state index in [9.17, 15) is 13.2 Å². The van der Waals surface area contributed by atoms with Crippen LogP contribution < -0.4 is 4.72 Å². The third-order valence-electron chi connectivity index (χ3n) is 3.43. The summed E-state index contributed by atoms with van der Waals surface area (Å²) in [5, 5.41) is 9.42. The monoisotopic (exact) mass is 340 g/mol. The highest BCUT2D eigenvalue weighted by atomic mass is 32.2. The zero-order valence-electron chi connectivity index (χ0n) is 11.2. The molecule has 2 atom stereocenters. The first-order chi connectivity index (χ1) is 9.50. The van der Waals surface area contributed by atoms with Crippen molar-refractivity contribution in [1.29, 1.82) is 0 Å². The molecule has 116 valence electrons. The molecule has 0 aliphatic carbocycles. The van der Waals surface area contributed by atoms with Gasteiger partial charge in [0.15, 0.2) is 0 Å². The van der Waals surface area contributed by atoms with Gasteiger partial charge in [0.2, 0.25) is 0 Å². The molecule has 0 spiro atoms. The fourth-order valence-electron chi connectivity index (χ4n) is 2.38. The second-order valence-corrected chi connectivity index (χ2v) is 9.15. The molecule has 2 unspecified atom stereocenters. The van der Waals surface area contributed by atoms with E-state index in [0.717, 1.165) is 34.4 Å². The highest BCUT2D eigenvalue weighted by Crippen LogP contribution is 2.24. The minimum Gasteiger partial charge on any atom is -0.480 e. The van der Waals surface area contributed by atoms with Crippen LogP contribution in [0.2, 0.25) is 0 Å². The smallest absolute Gasteiger partial charge is 0.322 e. The number of hydrogen-bond acceptors (Lipinski definition) is 5. The molecular weight excluding hydrogens is 320 g/mol. The lowest BCUT2D eigenvalue weighted by atomic mass is 10.1. The van der Waals surface area contributed by atoms with E-state index in [2.05, 4.69) is 4.72 Å². The minimum atomic E-state index is -3.70. The van der Waals surface area contributed by atoms with Gasteiger partial charge in [0.1, 0.15) is 6.04 Å². The predicted molar refractivity (Wildman–Crippen MR) is 82.5 cm³/mol. The summed E-state index contributed by atoms with van der Waals surface area (Å²) in [4.78, 5) is 11.2. The Hall–Kier alpha value is 0.0400. The molecule has 20 heavy (non-hydrogen) atoms. The van der Waals surface area contributed by atoms with Crippen molar-refractivity contribution in [3.05, 3.63) is 0 Å². The maximum absolute atomic E-state index is 12.3. The second kappa shape index (κ2) is 7.35. The number of thioether (sulfide) groups is 2. The van der Waals surface area contributed by atoms with Gasteiger partial charge in [-0.2, -0.15) is 36.2 Å². The van der Waals surface area contributed by atoms with Crippen LogP contribution in [-0.2, 0) is 15.0 Å². The Labute approximate surface area is 128 Å². The number of carboxylic acid groups (broad SMARTS) is 1. The lowest BCUT2D eigenvalue weighted by Gasteiger charge is -2.32. The van der Waals surface area contributed by atoms with Crippen LogP contribution in [0.5, 0.6) is 0 Å². The number of rotatable bonds is 5. The topological polar surface area (TPSA) is 86.7 Å². The number of aliphatic carboxylic acids is 1. The molecule has 2 aliphatic heterocycles. The molecule has 0 amide bonds. The normalized spacial score (nSPS) is 29.2. The van der Waals surface area contributed by atoms with Crippen LogP contribution in [0.3, 0.4) is 0 Å². The summed E-state index contributed by atoms with van der Waals surface area (Å²) in [6.07, 6.45) is 1.88. The summed E-state index contributed by atoms with van der Waals surface area (Å²) in [7, 11) is -3.70. The zero-order chi connectivity index (χ0) is 14.6. The third-order valence-corrected chi connectivity index (χ3v) is 7.86. The predicted octanol–water partition coefficient (Wildman–Crippen LogP) is 0.609. The summed E-state index contributed by atoms with van der Waals surface area (Å²) in [5.74, 6) is 2.03. The van der Waals surface area contributed by atoms with Gasteiger partial charge < -0.3 is 5.11 Å². The van der Waals surface area contributed by atoms with E-state index in [1.807, 2.05) is 11.8 Å². The van der Waals surface area contributed by atoms with Crippen molar-refractivity contribution in [1.82, 2.24) is 9.03 Å².